The Morgan fingerprint density at radius 3 is 2.00 bits per heavy atom. The highest BCUT2D eigenvalue weighted by Crippen LogP contribution is 2.24. The van der Waals surface area contributed by atoms with Crippen molar-refractivity contribution in [1.82, 2.24) is 0 Å². The minimum atomic E-state index is -1.18. The number of hydrogen-bond acceptors (Lipinski definition) is 4. The van der Waals surface area contributed by atoms with Crippen LogP contribution in [0, 0.1) is 5.41 Å². The van der Waals surface area contributed by atoms with E-state index in [1.165, 1.54) is 7.11 Å². The first-order chi connectivity index (χ1) is 7.93. The molecule has 17 heavy (non-hydrogen) atoms. The van der Waals surface area contributed by atoms with Crippen molar-refractivity contribution in [3.63, 3.8) is 0 Å². The Morgan fingerprint density at radius 1 is 1.06 bits per heavy atom. The topological polar surface area (TPSA) is 52.6 Å². The number of rotatable bonds is 4. The summed E-state index contributed by atoms with van der Waals surface area (Å²) in [4.78, 5) is 23.6. The van der Waals surface area contributed by atoms with Gasteiger partial charge in [-0.15, -0.1) is 0 Å². The molecule has 1 aromatic carbocycles. The summed E-state index contributed by atoms with van der Waals surface area (Å²) >= 11 is 0. The van der Waals surface area contributed by atoms with Gasteiger partial charge in [-0.25, -0.2) is 0 Å². The summed E-state index contributed by atoms with van der Waals surface area (Å²) in [6.45, 7) is 3.09. The lowest BCUT2D eigenvalue weighted by Crippen LogP contribution is -2.34. The maximum absolute atomic E-state index is 12.1. The smallest absolute Gasteiger partial charge is 0.319 e. The molecule has 0 bridgehead atoms. The van der Waals surface area contributed by atoms with E-state index in [0.717, 1.165) is 0 Å². The predicted octanol–water partition coefficient (Wildman–Crippen LogP) is 2.08. The first-order valence-corrected chi connectivity index (χ1v) is 5.20. The molecule has 0 saturated carbocycles. The van der Waals surface area contributed by atoms with Crippen LogP contribution in [-0.2, 0) is 9.53 Å². The van der Waals surface area contributed by atoms with E-state index in [9.17, 15) is 9.59 Å². The molecule has 92 valence electrons. The Hall–Kier alpha value is -1.84. The van der Waals surface area contributed by atoms with E-state index < -0.39 is 11.4 Å². The highest BCUT2D eigenvalue weighted by molar-refractivity contribution is 6.11. The fourth-order valence-corrected chi connectivity index (χ4v) is 1.45. The summed E-state index contributed by atoms with van der Waals surface area (Å²) in [5, 5.41) is 0. The molecule has 0 fully saturated rings. The van der Waals surface area contributed by atoms with Crippen LogP contribution < -0.4 is 4.74 Å². The second-order valence-electron chi connectivity index (χ2n) is 4.17. The number of carbonyl (C=O) groups is 2. The van der Waals surface area contributed by atoms with E-state index in [1.54, 1.807) is 45.2 Å². The molecule has 0 unspecified atom stereocenters. The molecule has 4 nitrogen and oxygen atoms in total. The zero-order chi connectivity index (χ0) is 13.1. The zero-order valence-electron chi connectivity index (χ0n) is 10.4. The molecule has 0 aliphatic carbocycles. The number of esters is 1. The first-order valence-electron chi connectivity index (χ1n) is 5.20. The molecule has 0 spiro atoms. The van der Waals surface area contributed by atoms with Crippen LogP contribution in [0.1, 0.15) is 24.2 Å². The third-order valence-corrected chi connectivity index (χ3v) is 2.62. The van der Waals surface area contributed by atoms with Gasteiger partial charge in [0.15, 0.2) is 5.78 Å². The summed E-state index contributed by atoms with van der Waals surface area (Å²) < 4.78 is 9.62. The van der Waals surface area contributed by atoms with Gasteiger partial charge in [0.05, 0.1) is 14.2 Å². The Bertz CT molecular complexity index is 418. The number of carbonyl (C=O) groups excluding carboxylic acids is 2. The highest BCUT2D eigenvalue weighted by Gasteiger charge is 2.37. The van der Waals surface area contributed by atoms with Gasteiger partial charge in [-0.05, 0) is 38.1 Å². The lowest BCUT2D eigenvalue weighted by Gasteiger charge is -2.19. The Kier molecular flexibility index (Phi) is 3.89. The van der Waals surface area contributed by atoms with Gasteiger partial charge in [0.1, 0.15) is 11.2 Å². The molecule has 0 atom stereocenters. The SMILES string of the molecule is COC(=O)C(C)(C)C(=O)c1ccc(OC)cc1. The maximum atomic E-state index is 12.1. The average molecular weight is 236 g/mol. The van der Waals surface area contributed by atoms with E-state index in [2.05, 4.69) is 4.74 Å². The molecule has 1 rings (SSSR count). The van der Waals surface area contributed by atoms with Crippen LogP contribution in [0.2, 0.25) is 0 Å². The largest absolute Gasteiger partial charge is 0.497 e. The van der Waals surface area contributed by atoms with Gasteiger partial charge in [0, 0.05) is 5.56 Å². The minimum absolute atomic E-state index is 0.271. The number of ether oxygens (including phenoxy) is 2. The summed E-state index contributed by atoms with van der Waals surface area (Å²) in [6, 6.07) is 6.62. The van der Waals surface area contributed by atoms with Gasteiger partial charge in [-0.3, -0.25) is 9.59 Å². The van der Waals surface area contributed by atoms with Crippen molar-refractivity contribution in [3.8, 4) is 5.75 Å². The number of methoxy groups -OCH3 is 2. The van der Waals surface area contributed by atoms with Crippen molar-refractivity contribution < 1.29 is 19.1 Å². The van der Waals surface area contributed by atoms with Gasteiger partial charge in [0.2, 0.25) is 0 Å². The van der Waals surface area contributed by atoms with Gasteiger partial charge in [0.25, 0.3) is 0 Å². The van der Waals surface area contributed by atoms with E-state index in [1.807, 2.05) is 0 Å². The lowest BCUT2D eigenvalue weighted by atomic mass is 9.84. The molecular weight excluding hydrogens is 220 g/mol. The number of ketones is 1. The second-order valence-corrected chi connectivity index (χ2v) is 4.17. The highest BCUT2D eigenvalue weighted by atomic mass is 16.5. The molecule has 4 heteroatoms. The fraction of sp³-hybridized carbons (Fsp3) is 0.385. The van der Waals surface area contributed by atoms with Gasteiger partial charge in [-0.1, -0.05) is 0 Å². The Balaban J connectivity index is 2.99. The van der Waals surface area contributed by atoms with Crippen LogP contribution in [0.4, 0.5) is 0 Å². The lowest BCUT2D eigenvalue weighted by molar-refractivity contribution is -0.147. The minimum Gasteiger partial charge on any atom is -0.497 e. The summed E-state index contributed by atoms with van der Waals surface area (Å²) in [6.07, 6.45) is 0. The van der Waals surface area contributed by atoms with Crippen LogP contribution in [0.5, 0.6) is 5.75 Å². The molecule has 1 aromatic rings. The van der Waals surface area contributed by atoms with E-state index >= 15 is 0 Å². The number of hydrogen-bond donors (Lipinski definition) is 0. The average Bonchev–Trinajstić information content (AvgIpc) is 2.36. The van der Waals surface area contributed by atoms with Crippen molar-refractivity contribution >= 4 is 11.8 Å². The molecule has 0 amide bonds. The van der Waals surface area contributed by atoms with Gasteiger partial charge >= 0.3 is 5.97 Å². The number of benzene rings is 1. The van der Waals surface area contributed by atoms with E-state index in [0.29, 0.717) is 11.3 Å². The third-order valence-electron chi connectivity index (χ3n) is 2.62. The monoisotopic (exact) mass is 236 g/mol. The normalized spacial score (nSPS) is 10.8. The van der Waals surface area contributed by atoms with Crippen LogP contribution >= 0.6 is 0 Å². The summed E-state index contributed by atoms with van der Waals surface area (Å²) in [5.41, 5.74) is -0.718. The van der Waals surface area contributed by atoms with Crippen molar-refractivity contribution in [1.29, 1.82) is 0 Å². The summed E-state index contributed by atoms with van der Waals surface area (Å²) in [5.74, 6) is -0.150. The predicted molar refractivity (Wildman–Crippen MR) is 63.1 cm³/mol. The van der Waals surface area contributed by atoms with Crippen molar-refractivity contribution in [2.24, 2.45) is 5.41 Å². The molecular formula is C13H16O4. The van der Waals surface area contributed by atoms with Crippen molar-refractivity contribution in [2.45, 2.75) is 13.8 Å². The fourth-order valence-electron chi connectivity index (χ4n) is 1.45. The van der Waals surface area contributed by atoms with Crippen molar-refractivity contribution in [2.75, 3.05) is 14.2 Å². The van der Waals surface area contributed by atoms with Crippen LogP contribution in [0.3, 0.4) is 0 Å². The molecule has 0 aromatic heterocycles. The van der Waals surface area contributed by atoms with Gasteiger partial charge < -0.3 is 9.47 Å². The van der Waals surface area contributed by atoms with Crippen LogP contribution in [0.15, 0.2) is 24.3 Å². The molecule has 0 heterocycles. The second kappa shape index (κ2) is 4.99. The van der Waals surface area contributed by atoms with Crippen molar-refractivity contribution in [3.05, 3.63) is 29.8 Å². The van der Waals surface area contributed by atoms with E-state index in [4.69, 9.17) is 4.74 Å². The first kappa shape index (κ1) is 13.2. The summed E-state index contributed by atoms with van der Waals surface area (Å²) in [7, 11) is 2.82. The molecule has 0 N–H and O–H groups in total. The molecule has 0 radical (unpaired) electrons. The van der Waals surface area contributed by atoms with Crippen LogP contribution in [-0.4, -0.2) is 26.0 Å². The Morgan fingerprint density at radius 2 is 1.59 bits per heavy atom. The van der Waals surface area contributed by atoms with E-state index in [-0.39, 0.29) is 5.78 Å². The molecule has 0 saturated heterocycles. The number of Topliss-reactive ketones (excluding diaryl/α,β-unsaturated/α-hetero) is 1. The quantitative estimate of drug-likeness (QED) is 0.456. The third kappa shape index (κ3) is 2.64. The Labute approximate surface area is 101 Å². The standard InChI is InChI=1S/C13H16O4/c1-13(2,12(15)17-4)11(14)9-5-7-10(16-3)8-6-9/h5-8H,1-4H3. The van der Waals surface area contributed by atoms with Gasteiger partial charge in [-0.2, -0.15) is 0 Å². The van der Waals surface area contributed by atoms with Crippen LogP contribution in [0.25, 0.3) is 0 Å². The molecule has 0 aliphatic rings. The molecule has 0 aliphatic heterocycles. The zero-order valence-corrected chi connectivity index (χ0v) is 10.4. The maximum Gasteiger partial charge on any atom is 0.319 e.